The SMILES string of the molecule is CCOC(=O)/C(=N\Nc1ccc(OC)cc1)Sc1cccc2cccnc12. The minimum Gasteiger partial charge on any atom is -0.497 e. The van der Waals surface area contributed by atoms with Crippen LogP contribution in [0.2, 0.25) is 0 Å². The number of fused-ring (bicyclic) bond motifs is 1. The van der Waals surface area contributed by atoms with E-state index in [2.05, 4.69) is 15.5 Å². The maximum absolute atomic E-state index is 12.4. The van der Waals surface area contributed by atoms with Gasteiger partial charge in [0.25, 0.3) is 0 Å². The van der Waals surface area contributed by atoms with Crippen LogP contribution in [0.1, 0.15) is 6.92 Å². The van der Waals surface area contributed by atoms with Crippen LogP contribution in [0.5, 0.6) is 5.75 Å². The molecule has 0 aliphatic heterocycles. The van der Waals surface area contributed by atoms with Gasteiger partial charge in [-0.15, -0.1) is 0 Å². The van der Waals surface area contributed by atoms with Gasteiger partial charge in [0.2, 0.25) is 5.04 Å². The molecule has 3 rings (SSSR count). The molecule has 0 amide bonds. The van der Waals surface area contributed by atoms with E-state index in [9.17, 15) is 4.79 Å². The van der Waals surface area contributed by atoms with Crippen molar-refractivity contribution in [2.24, 2.45) is 5.10 Å². The molecule has 1 aromatic heterocycles. The maximum Gasteiger partial charge on any atom is 0.365 e. The molecule has 0 fully saturated rings. The predicted octanol–water partition coefficient (Wildman–Crippen LogP) is 4.32. The van der Waals surface area contributed by atoms with Gasteiger partial charge in [-0.25, -0.2) is 4.79 Å². The second-order valence-corrected chi connectivity index (χ2v) is 6.44. The number of carbonyl (C=O) groups is 1. The van der Waals surface area contributed by atoms with Crippen molar-refractivity contribution in [2.75, 3.05) is 19.1 Å². The van der Waals surface area contributed by atoms with Gasteiger partial charge in [0.1, 0.15) is 5.75 Å². The third-order valence-corrected chi connectivity index (χ3v) is 4.63. The molecular formula is C20H19N3O3S. The molecule has 0 bridgehead atoms. The van der Waals surface area contributed by atoms with E-state index in [0.29, 0.717) is 0 Å². The Morgan fingerprint density at radius 3 is 2.67 bits per heavy atom. The normalized spacial score (nSPS) is 11.3. The second-order valence-electron chi connectivity index (χ2n) is 5.41. The third kappa shape index (κ3) is 4.77. The Bertz CT molecular complexity index is 953. The number of aromatic nitrogens is 1. The van der Waals surface area contributed by atoms with Crippen LogP contribution in [0.15, 0.2) is 70.8 Å². The summed E-state index contributed by atoms with van der Waals surface area (Å²) in [6, 6.07) is 16.9. The summed E-state index contributed by atoms with van der Waals surface area (Å²) in [6.45, 7) is 2.03. The topological polar surface area (TPSA) is 72.8 Å². The first kappa shape index (κ1) is 18.7. The summed E-state index contributed by atoms with van der Waals surface area (Å²) in [5, 5.41) is 5.45. The van der Waals surface area contributed by atoms with Crippen LogP contribution in [-0.2, 0) is 9.53 Å². The zero-order valence-electron chi connectivity index (χ0n) is 15.0. The van der Waals surface area contributed by atoms with E-state index in [-0.39, 0.29) is 11.7 Å². The van der Waals surface area contributed by atoms with E-state index in [0.717, 1.165) is 27.2 Å². The Hall–Kier alpha value is -3.06. The lowest BCUT2D eigenvalue weighted by Crippen LogP contribution is -2.16. The molecule has 0 saturated heterocycles. The smallest absolute Gasteiger partial charge is 0.365 e. The molecule has 0 saturated carbocycles. The molecule has 138 valence electrons. The van der Waals surface area contributed by atoms with Crippen LogP contribution in [0.4, 0.5) is 5.69 Å². The highest BCUT2D eigenvalue weighted by atomic mass is 32.2. The van der Waals surface area contributed by atoms with E-state index >= 15 is 0 Å². The van der Waals surface area contributed by atoms with Gasteiger partial charge in [0, 0.05) is 16.5 Å². The molecule has 0 spiro atoms. The molecule has 0 aliphatic rings. The fraction of sp³-hybridized carbons (Fsp3) is 0.150. The molecule has 0 aliphatic carbocycles. The van der Waals surface area contributed by atoms with Crippen molar-refractivity contribution in [1.82, 2.24) is 4.98 Å². The van der Waals surface area contributed by atoms with Crippen molar-refractivity contribution in [3.05, 3.63) is 60.8 Å². The number of hydrogen-bond acceptors (Lipinski definition) is 7. The fourth-order valence-electron chi connectivity index (χ4n) is 2.35. The highest BCUT2D eigenvalue weighted by molar-refractivity contribution is 8.15. The summed E-state index contributed by atoms with van der Waals surface area (Å²) in [6.07, 6.45) is 1.73. The van der Waals surface area contributed by atoms with Gasteiger partial charge in [-0.2, -0.15) is 5.10 Å². The zero-order valence-corrected chi connectivity index (χ0v) is 15.8. The Morgan fingerprint density at radius 2 is 1.93 bits per heavy atom. The number of ether oxygens (including phenoxy) is 2. The zero-order chi connectivity index (χ0) is 19.1. The molecule has 1 N–H and O–H groups in total. The average molecular weight is 381 g/mol. The van der Waals surface area contributed by atoms with Gasteiger partial charge in [-0.1, -0.05) is 30.0 Å². The third-order valence-electron chi connectivity index (χ3n) is 3.63. The highest BCUT2D eigenvalue weighted by Gasteiger charge is 2.17. The lowest BCUT2D eigenvalue weighted by atomic mass is 10.2. The number of para-hydroxylation sites is 1. The van der Waals surface area contributed by atoms with Gasteiger partial charge >= 0.3 is 5.97 Å². The van der Waals surface area contributed by atoms with E-state index in [4.69, 9.17) is 9.47 Å². The minimum absolute atomic E-state index is 0.200. The van der Waals surface area contributed by atoms with E-state index in [1.165, 1.54) is 11.8 Å². The van der Waals surface area contributed by atoms with Crippen LogP contribution >= 0.6 is 11.8 Å². The van der Waals surface area contributed by atoms with E-state index in [1.54, 1.807) is 20.2 Å². The average Bonchev–Trinajstić information content (AvgIpc) is 2.71. The molecule has 6 nitrogen and oxygen atoms in total. The predicted molar refractivity (Wildman–Crippen MR) is 108 cm³/mol. The van der Waals surface area contributed by atoms with Crippen molar-refractivity contribution in [3.63, 3.8) is 0 Å². The van der Waals surface area contributed by atoms with Crippen LogP contribution in [0.3, 0.4) is 0 Å². The monoisotopic (exact) mass is 381 g/mol. The number of nitrogens with zero attached hydrogens (tertiary/aromatic N) is 2. The Morgan fingerprint density at radius 1 is 1.15 bits per heavy atom. The van der Waals surface area contributed by atoms with E-state index in [1.807, 2.05) is 54.6 Å². The molecule has 7 heteroatoms. The van der Waals surface area contributed by atoms with Gasteiger partial charge in [-0.05, 0) is 43.3 Å². The van der Waals surface area contributed by atoms with Crippen molar-refractivity contribution in [1.29, 1.82) is 0 Å². The highest BCUT2D eigenvalue weighted by Crippen LogP contribution is 2.28. The lowest BCUT2D eigenvalue weighted by molar-refractivity contribution is -0.134. The molecule has 27 heavy (non-hydrogen) atoms. The summed E-state index contributed by atoms with van der Waals surface area (Å²) < 4.78 is 10.3. The van der Waals surface area contributed by atoms with Crippen LogP contribution < -0.4 is 10.2 Å². The molecule has 1 heterocycles. The molecule has 0 atom stereocenters. The number of esters is 1. The summed E-state index contributed by atoms with van der Waals surface area (Å²) in [7, 11) is 1.61. The summed E-state index contributed by atoms with van der Waals surface area (Å²) in [5.41, 5.74) is 4.44. The van der Waals surface area contributed by atoms with Crippen molar-refractivity contribution < 1.29 is 14.3 Å². The van der Waals surface area contributed by atoms with Crippen molar-refractivity contribution in [2.45, 2.75) is 11.8 Å². The fourth-order valence-corrected chi connectivity index (χ4v) is 3.20. The number of pyridine rings is 1. The summed E-state index contributed by atoms with van der Waals surface area (Å²) in [5.74, 6) is 0.253. The van der Waals surface area contributed by atoms with Crippen LogP contribution in [0.25, 0.3) is 10.9 Å². The number of rotatable bonds is 5. The van der Waals surface area contributed by atoms with Crippen molar-refractivity contribution >= 4 is 39.4 Å². The lowest BCUT2D eigenvalue weighted by Gasteiger charge is -2.09. The summed E-state index contributed by atoms with van der Waals surface area (Å²) in [4.78, 5) is 17.6. The van der Waals surface area contributed by atoms with Gasteiger partial charge in [0.15, 0.2) is 0 Å². The van der Waals surface area contributed by atoms with Gasteiger partial charge in [0.05, 0.1) is 24.9 Å². The Balaban J connectivity index is 1.87. The first-order valence-corrected chi connectivity index (χ1v) is 9.19. The molecule has 0 radical (unpaired) electrons. The number of methoxy groups -OCH3 is 1. The number of anilines is 1. The number of benzene rings is 2. The number of hydrazone groups is 1. The summed E-state index contributed by atoms with van der Waals surface area (Å²) >= 11 is 1.22. The number of thioether (sulfide) groups is 1. The van der Waals surface area contributed by atoms with Gasteiger partial charge in [-0.3, -0.25) is 10.4 Å². The maximum atomic E-state index is 12.4. The first-order valence-electron chi connectivity index (χ1n) is 8.37. The second kappa shape index (κ2) is 9.05. The van der Waals surface area contributed by atoms with Crippen LogP contribution in [-0.4, -0.2) is 29.7 Å². The number of nitrogens with one attached hydrogen (secondary N) is 1. The largest absolute Gasteiger partial charge is 0.497 e. The molecule has 2 aromatic carbocycles. The Labute approximate surface area is 161 Å². The van der Waals surface area contributed by atoms with E-state index < -0.39 is 5.97 Å². The minimum atomic E-state index is -0.489. The molecular weight excluding hydrogens is 362 g/mol. The van der Waals surface area contributed by atoms with Gasteiger partial charge < -0.3 is 9.47 Å². The molecule has 0 unspecified atom stereocenters. The molecule has 3 aromatic rings. The quantitative estimate of drug-likeness (QED) is 0.233. The standard InChI is InChI=1S/C20H19N3O3S/c1-3-26-20(24)19(23-22-15-9-11-16(25-2)12-10-15)27-17-8-4-6-14-7-5-13-21-18(14)17/h4-13,22H,3H2,1-2H3/b23-19+. The van der Waals surface area contributed by atoms with Crippen molar-refractivity contribution in [3.8, 4) is 5.75 Å². The Kier molecular flexibility index (Phi) is 6.27. The number of carbonyl (C=O) groups excluding carboxylic acids is 1. The van der Waals surface area contributed by atoms with Crippen LogP contribution in [0, 0.1) is 0 Å². The first-order chi connectivity index (χ1) is 13.2. The number of hydrogen-bond donors (Lipinski definition) is 1.